The van der Waals surface area contributed by atoms with E-state index in [4.69, 9.17) is 14.2 Å². The maximum Gasteiger partial charge on any atom is 0.284 e. The molecule has 0 spiro atoms. The second-order valence-electron chi connectivity index (χ2n) is 6.66. The highest BCUT2D eigenvalue weighted by atomic mass is 16.5. The molecule has 4 rings (SSSR count). The number of nitrogens with zero attached hydrogens (tertiary/aromatic N) is 5. The van der Waals surface area contributed by atoms with Crippen LogP contribution in [0.15, 0.2) is 53.6 Å². The average molecular weight is 436 g/mol. The zero-order chi connectivity index (χ0) is 22.7. The summed E-state index contributed by atoms with van der Waals surface area (Å²) in [6.45, 7) is -0.258. The summed E-state index contributed by atoms with van der Waals surface area (Å²) in [5.74, 6) is 1.28. The molecule has 0 saturated heterocycles. The lowest BCUT2D eigenvalue weighted by Gasteiger charge is -2.12. The Labute approximate surface area is 182 Å². The maximum atomic E-state index is 12.8. The van der Waals surface area contributed by atoms with Gasteiger partial charge in [0.1, 0.15) is 30.1 Å². The Morgan fingerprint density at radius 2 is 1.72 bits per heavy atom. The highest BCUT2D eigenvalue weighted by Crippen LogP contribution is 2.29. The molecule has 11 heteroatoms. The van der Waals surface area contributed by atoms with Gasteiger partial charge in [-0.1, -0.05) is 5.21 Å². The van der Waals surface area contributed by atoms with E-state index < -0.39 is 11.5 Å². The fraction of sp³-hybridized carbons (Fsp3) is 0.190. The normalized spacial score (nSPS) is 10.7. The van der Waals surface area contributed by atoms with Crippen molar-refractivity contribution in [2.75, 3.05) is 26.6 Å². The molecule has 0 aliphatic heterocycles. The van der Waals surface area contributed by atoms with Crippen LogP contribution in [0.1, 0.15) is 0 Å². The van der Waals surface area contributed by atoms with E-state index in [0.717, 1.165) is 0 Å². The van der Waals surface area contributed by atoms with Gasteiger partial charge >= 0.3 is 0 Å². The van der Waals surface area contributed by atoms with Crippen molar-refractivity contribution in [2.24, 2.45) is 0 Å². The zero-order valence-electron chi connectivity index (χ0n) is 17.6. The van der Waals surface area contributed by atoms with Gasteiger partial charge in [0.05, 0.1) is 32.7 Å². The van der Waals surface area contributed by atoms with Crippen LogP contribution in [-0.4, -0.2) is 51.8 Å². The average Bonchev–Trinajstić information content (AvgIpc) is 3.26. The topological polar surface area (TPSA) is 122 Å². The van der Waals surface area contributed by atoms with E-state index in [-0.39, 0.29) is 17.7 Å². The molecule has 4 aromatic rings. The van der Waals surface area contributed by atoms with Crippen LogP contribution in [0.25, 0.3) is 16.9 Å². The lowest BCUT2D eigenvalue weighted by Crippen LogP contribution is -2.28. The van der Waals surface area contributed by atoms with Gasteiger partial charge in [-0.2, -0.15) is 4.68 Å². The maximum absolute atomic E-state index is 12.8. The summed E-state index contributed by atoms with van der Waals surface area (Å²) in [4.78, 5) is 29.7. The number of nitrogens with one attached hydrogen (secondary N) is 1. The molecule has 0 saturated carbocycles. The molecule has 2 heterocycles. The largest absolute Gasteiger partial charge is 0.497 e. The quantitative estimate of drug-likeness (QED) is 0.464. The number of ether oxygens (including phenoxy) is 3. The standard InChI is InChI=1S/C21H20N6O5/c1-30-14-6-4-13(5-7-14)27-20-19(24-25-27)21(29)26(12-22-20)11-18(28)23-16-9-8-15(31-2)10-17(16)32-3/h4-10,12H,11H2,1-3H3,(H,23,28). The van der Waals surface area contributed by atoms with Gasteiger partial charge in [-0.25, -0.2) is 4.98 Å². The number of fused-ring (bicyclic) bond motifs is 1. The predicted octanol–water partition coefficient (Wildman–Crippen LogP) is 1.64. The van der Waals surface area contributed by atoms with Gasteiger partial charge in [0.15, 0.2) is 11.2 Å². The third-order valence-electron chi connectivity index (χ3n) is 4.74. The highest BCUT2D eigenvalue weighted by Gasteiger charge is 2.16. The zero-order valence-corrected chi connectivity index (χ0v) is 17.6. The van der Waals surface area contributed by atoms with E-state index in [1.54, 1.807) is 49.6 Å². The summed E-state index contributed by atoms with van der Waals surface area (Å²) in [7, 11) is 4.59. The number of aromatic nitrogens is 5. The molecule has 0 atom stereocenters. The van der Waals surface area contributed by atoms with Gasteiger partial charge in [-0.15, -0.1) is 5.10 Å². The fourth-order valence-corrected chi connectivity index (χ4v) is 3.10. The number of amides is 1. The van der Waals surface area contributed by atoms with Gasteiger partial charge in [0.2, 0.25) is 5.91 Å². The first-order valence-electron chi connectivity index (χ1n) is 9.51. The molecule has 0 aliphatic carbocycles. The Hall–Kier alpha value is -4.41. The second-order valence-corrected chi connectivity index (χ2v) is 6.66. The van der Waals surface area contributed by atoms with Crippen molar-refractivity contribution in [2.45, 2.75) is 6.54 Å². The number of carbonyl (C=O) groups is 1. The van der Waals surface area contributed by atoms with E-state index in [1.165, 1.54) is 29.8 Å². The number of hydrogen-bond donors (Lipinski definition) is 1. The Balaban J connectivity index is 1.57. The van der Waals surface area contributed by atoms with Crippen LogP contribution in [0.5, 0.6) is 17.2 Å². The van der Waals surface area contributed by atoms with Crippen LogP contribution in [-0.2, 0) is 11.3 Å². The van der Waals surface area contributed by atoms with E-state index in [9.17, 15) is 9.59 Å². The monoisotopic (exact) mass is 436 g/mol. The van der Waals surface area contributed by atoms with Crippen molar-refractivity contribution in [3.05, 3.63) is 59.1 Å². The summed E-state index contributed by atoms with van der Waals surface area (Å²) in [6.07, 6.45) is 1.29. The highest BCUT2D eigenvalue weighted by molar-refractivity contribution is 5.92. The van der Waals surface area contributed by atoms with Crippen molar-refractivity contribution < 1.29 is 19.0 Å². The summed E-state index contributed by atoms with van der Waals surface area (Å²) in [6, 6.07) is 12.1. The minimum absolute atomic E-state index is 0.0538. The molecule has 32 heavy (non-hydrogen) atoms. The predicted molar refractivity (Wildman–Crippen MR) is 116 cm³/mol. The van der Waals surface area contributed by atoms with Crippen LogP contribution in [0.3, 0.4) is 0 Å². The van der Waals surface area contributed by atoms with Gasteiger partial charge in [-0.3, -0.25) is 14.2 Å². The Bertz CT molecular complexity index is 1330. The third kappa shape index (κ3) is 3.95. The molecule has 0 radical (unpaired) electrons. The number of carbonyl (C=O) groups excluding carboxylic acids is 1. The Kier molecular flexibility index (Phi) is 5.71. The van der Waals surface area contributed by atoms with Crippen molar-refractivity contribution in [3.8, 4) is 22.9 Å². The summed E-state index contributed by atoms with van der Waals surface area (Å²) in [5, 5.41) is 10.7. The number of anilines is 1. The molecular weight excluding hydrogens is 416 g/mol. The smallest absolute Gasteiger partial charge is 0.284 e. The number of benzene rings is 2. The minimum Gasteiger partial charge on any atom is -0.497 e. The van der Waals surface area contributed by atoms with Crippen LogP contribution < -0.4 is 25.1 Å². The van der Waals surface area contributed by atoms with Crippen LogP contribution >= 0.6 is 0 Å². The molecule has 0 bridgehead atoms. The SMILES string of the molecule is COc1ccc(-n2nnc3c(=O)n(CC(=O)Nc4ccc(OC)cc4OC)cnc32)cc1. The van der Waals surface area contributed by atoms with Crippen LogP contribution in [0.2, 0.25) is 0 Å². The van der Waals surface area contributed by atoms with Crippen molar-refractivity contribution in [1.82, 2.24) is 24.5 Å². The molecule has 164 valence electrons. The molecule has 1 amide bonds. The van der Waals surface area contributed by atoms with Crippen molar-refractivity contribution in [3.63, 3.8) is 0 Å². The van der Waals surface area contributed by atoms with E-state index >= 15 is 0 Å². The first-order chi connectivity index (χ1) is 15.5. The molecule has 11 nitrogen and oxygen atoms in total. The number of hydrogen-bond acceptors (Lipinski definition) is 8. The lowest BCUT2D eigenvalue weighted by molar-refractivity contribution is -0.116. The summed E-state index contributed by atoms with van der Waals surface area (Å²) in [5.41, 5.74) is 0.978. The van der Waals surface area contributed by atoms with E-state index in [2.05, 4.69) is 20.6 Å². The summed E-state index contributed by atoms with van der Waals surface area (Å²) < 4.78 is 18.2. The first kappa shape index (κ1) is 20.8. The summed E-state index contributed by atoms with van der Waals surface area (Å²) >= 11 is 0. The first-order valence-corrected chi connectivity index (χ1v) is 9.51. The molecule has 0 aliphatic rings. The molecular formula is C21H20N6O5. The van der Waals surface area contributed by atoms with Crippen LogP contribution in [0.4, 0.5) is 5.69 Å². The van der Waals surface area contributed by atoms with Gasteiger partial charge < -0.3 is 19.5 Å². The number of methoxy groups -OCH3 is 3. The van der Waals surface area contributed by atoms with E-state index in [0.29, 0.717) is 28.6 Å². The Morgan fingerprint density at radius 3 is 2.41 bits per heavy atom. The molecule has 0 unspecified atom stereocenters. The van der Waals surface area contributed by atoms with E-state index in [1.807, 2.05) is 0 Å². The minimum atomic E-state index is -0.480. The third-order valence-corrected chi connectivity index (χ3v) is 4.74. The molecule has 1 N–H and O–H groups in total. The van der Waals surface area contributed by atoms with Gasteiger partial charge in [0.25, 0.3) is 5.56 Å². The van der Waals surface area contributed by atoms with Gasteiger partial charge in [0, 0.05) is 6.07 Å². The lowest BCUT2D eigenvalue weighted by atomic mass is 10.2. The fourth-order valence-electron chi connectivity index (χ4n) is 3.10. The Morgan fingerprint density at radius 1 is 1.00 bits per heavy atom. The molecule has 0 fully saturated rings. The van der Waals surface area contributed by atoms with Crippen molar-refractivity contribution in [1.29, 1.82) is 0 Å². The molecule has 2 aromatic carbocycles. The number of rotatable bonds is 7. The van der Waals surface area contributed by atoms with Crippen LogP contribution in [0, 0.1) is 0 Å². The molecule has 2 aromatic heterocycles. The van der Waals surface area contributed by atoms with Gasteiger partial charge in [-0.05, 0) is 36.4 Å². The van der Waals surface area contributed by atoms with Crippen molar-refractivity contribution >= 4 is 22.8 Å². The second kappa shape index (κ2) is 8.76.